The molecule has 1 heterocycles. The molecule has 0 radical (unpaired) electrons. The highest BCUT2D eigenvalue weighted by atomic mass is 15.3. The van der Waals surface area contributed by atoms with E-state index in [1.54, 1.807) is 0 Å². The van der Waals surface area contributed by atoms with Crippen LogP contribution in [0.4, 0.5) is 0 Å². The second-order valence-corrected chi connectivity index (χ2v) is 3.09. The molecule has 1 rings (SSSR count). The molecule has 0 bridgehead atoms. The van der Waals surface area contributed by atoms with Crippen LogP contribution in [0.15, 0.2) is 6.20 Å². The Balaban J connectivity index is 2.91. The topological polar surface area (TPSA) is 29.9 Å². The smallest absolute Gasteiger partial charge is 0.0641 e. The molecule has 0 aromatic carbocycles. The van der Waals surface area contributed by atoms with Crippen LogP contribution in [-0.2, 0) is 7.05 Å². The first kappa shape index (κ1) is 9.82. The van der Waals surface area contributed by atoms with Crippen LogP contribution in [0.2, 0.25) is 0 Å². The molecule has 0 aliphatic rings. The Morgan fingerprint density at radius 1 is 1.77 bits per heavy atom. The Morgan fingerprint density at radius 3 is 2.85 bits per heavy atom. The van der Waals surface area contributed by atoms with Crippen molar-refractivity contribution < 1.29 is 0 Å². The highest BCUT2D eigenvalue weighted by Crippen LogP contribution is 2.18. The summed E-state index contributed by atoms with van der Waals surface area (Å²) in [5.74, 6) is 2.65. The van der Waals surface area contributed by atoms with Crippen molar-refractivity contribution in [1.82, 2.24) is 15.1 Å². The first-order chi connectivity index (χ1) is 6.19. The molecule has 1 aromatic rings. The Bertz CT molecular complexity index is 319. The van der Waals surface area contributed by atoms with E-state index in [0.29, 0.717) is 6.42 Å². The van der Waals surface area contributed by atoms with Crippen molar-refractivity contribution in [2.75, 3.05) is 7.05 Å². The van der Waals surface area contributed by atoms with Gasteiger partial charge >= 0.3 is 0 Å². The maximum absolute atomic E-state index is 5.28. The third-order valence-corrected chi connectivity index (χ3v) is 2.10. The van der Waals surface area contributed by atoms with E-state index in [4.69, 9.17) is 6.42 Å². The fourth-order valence-electron chi connectivity index (χ4n) is 1.45. The fraction of sp³-hybridized carbons (Fsp3) is 0.500. The lowest BCUT2D eigenvalue weighted by atomic mass is 10.1. The summed E-state index contributed by atoms with van der Waals surface area (Å²) in [6, 6.07) is 0.221. The van der Waals surface area contributed by atoms with Crippen molar-refractivity contribution in [3.8, 4) is 12.3 Å². The molecule has 0 aliphatic heterocycles. The molecule has 70 valence electrons. The maximum atomic E-state index is 5.28. The van der Waals surface area contributed by atoms with Gasteiger partial charge in [-0.2, -0.15) is 5.10 Å². The van der Waals surface area contributed by atoms with Crippen LogP contribution in [-0.4, -0.2) is 16.8 Å². The fourth-order valence-corrected chi connectivity index (χ4v) is 1.45. The number of aromatic nitrogens is 2. The van der Waals surface area contributed by atoms with E-state index in [9.17, 15) is 0 Å². The zero-order valence-electron chi connectivity index (χ0n) is 8.33. The minimum Gasteiger partial charge on any atom is -0.312 e. The van der Waals surface area contributed by atoms with Crippen molar-refractivity contribution >= 4 is 0 Å². The normalized spacial score (nSPS) is 12.5. The molecule has 0 spiro atoms. The van der Waals surface area contributed by atoms with Gasteiger partial charge < -0.3 is 5.32 Å². The van der Waals surface area contributed by atoms with Crippen LogP contribution in [0.3, 0.4) is 0 Å². The zero-order chi connectivity index (χ0) is 9.84. The maximum Gasteiger partial charge on any atom is 0.0641 e. The highest BCUT2D eigenvalue weighted by Gasteiger charge is 2.12. The summed E-state index contributed by atoms with van der Waals surface area (Å²) < 4.78 is 1.81. The van der Waals surface area contributed by atoms with E-state index in [0.717, 1.165) is 5.69 Å². The lowest BCUT2D eigenvalue weighted by Gasteiger charge is -2.11. The van der Waals surface area contributed by atoms with E-state index in [-0.39, 0.29) is 6.04 Å². The van der Waals surface area contributed by atoms with Gasteiger partial charge in [-0.1, -0.05) is 0 Å². The molecule has 1 N–H and O–H groups in total. The second kappa shape index (κ2) is 4.11. The number of nitrogens with zero attached hydrogens (tertiary/aromatic N) is 2. The second-order valence-electron chi connectivity index (χ2n) is 3.09. The summed E-state index contributed by atoms with van der Waals surface area (Å²) in [5.41, 5.74) is 2.22. The van der Waals surface area contributed by atoms with Crippen LogP contribution >= 0.6 is 0 Å². The van der Waals surface area contributed by atoms with E-state index in [1.165, 1.54) is 5.56 Å². The SMILES string of the molecule is C#CCC(NC)c1cn(C)nc1C. The van der Waals surface area contributed by atoms with Gasteiger partial charge in [0.1, 0.15) is 0 Å². The third-order valence-electron chi connectivity index (χ3n) is 2.10. The number of terminal acetylenes is 1. The number of hydrogen-bond acceptors (Lipinski definition) is 2. The van der Waals surface area contributed by atoms with Crippen LogP contribution in [0.25, 0.3) is 0 Å². The van der Waals surface area contributed by atoms with Gasteiger partial charge in [-0.25, -0.2) is 0 Å². The van der Waals surface area contributed by atoms with Gasteiger partial charge in [0.25, 0.3) is 0 Å². The first-order valence-electron chi connectivity index (χ1n) is 4.30. The molecule has 0 amide bonds. The molecule has 1 atom stereocenters. The average molecular weight is 177 g/mol. The van der Waals surface area contributed by atoms with Gasteiger partial charge in [0.15, 0.2) is 0 Å². The average Bonchev–Trinajstić information content (AvgIpc) is 2.41. The molecule has 0 fully saturated rings. The lowest BCUT2D eigenvalue weighted by molar-refractivity contribution is 0.608. The van der Waals surface area contributed by atoms with E-state index in [1.807, 2.05) is 31.9 Å². The molecule has 0 aliphatic carbocycles. The Labute approximate surface area is 79.1 Å². The molecular formula is C10H15N3. The Hall–Kier alpha value is -1.27. The number of rotatable bonds is 3. The first-order valence-corrected chi connectivity index (χ1v) is 4.30. The Morgan fingerprint density at radius 2 is 2.46 bits per heavy atom. The summed E-state index contributed by atoms with van der Waals surface area (Å²) in [6.45, 7) is 2.00. The molecular weight excluding hydrogens is 162 g/mol. The predicted octanol–water partition coefficient (Wildman–Crippen LogP) is 1.01. The summed E-state index contributed by atoms with van der Waals surface area (Å²) in [6.07, 6.45) is 7.99. The molecule has 1 unspecified atom stereocenters. The predicted molar refractivity (Wildman–Crippen MR) is 53.2 cm³/mol. The molecule has 0 saturated heterocycles. The van der Waals surface area contributed by atoms with Gasteiger partial charge in [-0.3, -0.25) is 4.68 Å². The zero-order valence-corrected chi connectivity index (χ0v) is 8.33. The minimum atomic E-state index is 0.221. The largest absolute Gasteiger partial charge is 0.312 e. The van der Waals surface area contributed by atoms with Crippen molar-refractivity contribution in [3.63, 3.8) is 0 Å². The van der Waals surface area contributed by atoms with Gasteiger partial charge in [-0.15, -0.1) is 12.3 Å². The molecule has 1 aromatic heterocycles. The number of nitrogens with one attached hydrogen (secondary N) is 1. The van der Waals surface area contributed by atoms with Crippen LogP contribution < -0.4 is 5.32 Å². The van der Waals surface area contributed by atoms with Crippen LogP contribution in [0, 0.1) is 19.3 Å². The van der Waals surface area contributed by atoms with Crippen LogP contribution in [0.1, 0.15) is 23.7 Å². The Kier molecular flexibility index (Phi) is 3.10. The van der Waals surface area contributed by atoms with E-state index >= 15 is 0 Å². The van der Waals surface area contributed by atoms with E-state index < -0.39 is 0 Å². The summed E-state index contributed by atoms with van der Waals surface area (Å²) in [4.78, 5) is 0. The summed E-state index contributed by atoms with van der Waals surface area (Å²) in [5, 5.41) is 7.45. The quantitative estimate of drug-likeness (QED) is 0.698. The molecule has 13 heavy (non-hydrogen) atoms. The van der Waals surface area contributed by atoms with Gasteiger partial charge in [0.05, 0.1) is 5.69 Å². The van der Waals surface area contributed by atoms with Crippen molar-refractivity contribution in [1.29, 1.82) is 0 Å². The van der Waals surface area contributed by atoms with E-state index in [2.05, 4.69) is 16.3 Å². The van der Waals surface area contributed by atoms with Gasteiger partial charge in [-0.05, 0) is 14.0 Å². The van der Waals surface area contributed by atoms with Crippen molar-refractivity contribution in [2.24, 2.45) is 7.05 Å². The standard InChI is InChI=1S/C10H15N3/c1-5-6-10(11-3)9-7-13(4)12-8(9)2/h1,7,10-11H,6H2,2-4H3. The molecule has 3 nitrogen and oxygen atoms in total. The summed E-state index contributed by atoms with van der Waals surface area (Å²) in [7, 11) is 3.83. The lowest BCUT2D eigenvalue weighted by Crippen LogP contribution is -2.15. The van der Waals surface area contributed by atoms with Crippen molar-refractivity contribution in [2.45, 2.75) is 19.4 Å². The minimum absolute atomic E-state index is 0.221. The highest BCUT2D eigenvalue weighted by molar-refractivity contribution is 5.21. The number of hydrogen-bond donors (Lipinski definition) is 1. The van der Waals surface area contributed by atoms with Crippen molar-refractivity contribution in [3.05, 3.63) is 17.5 Å². The van der Waals surface area contributed by atoms with Gasteiger partial charge in [0.2, 0.25) is 0 Å². The molecule has 0 saturated carbocycles. The third kappa shape index (κ3) is 2.10. The number of aryl methyl sites for hydroxylation is 2. The summed E-state index contributed by atoms with van der Waals surface area (Å²) >= 11 is 0. The van der Waals surface area contributed by atoms with Crippen LogP contribution in [0.5, 0.6) is 0 Å². The monoisotopic (exact) mass is 177 g/mol. The van der Waals surface area contributed by atoms with Gasteiger partial charge in [0, 0.05) is 31.3 Å². The molecule has 3 heteroatoms.